The summed E-state index contributed by atoms with van der Waals surface area (Å²) in [5.41, 5.74) is 0.790. The molecule has 5 nitrogen and oxygen atoms in total. The topological polar surface area (TPSA) is 79.2 Å². The van der Waals surface area contributed by atoms with E-state index >= 15 is 0 Å². The standard InChI is InChI=1S/C22H22N2O3/c23-16-22(13-7-8-14-22)24-19(25)15-27-21(26)20(17-9-3-1-4-10-17)18-11-5-2-6-12-18/h1-6,9-12,20H,7-8,13-15H2,(H,24,25). The minimum Gasteiger partial charge on any atom is -0.455 e. The number of amides is 1. The quantitative estimate of drug-likeness (QED) is 0.800. The Morgan fingerprint density at radius 2 is 1.52 bits per heavy atom. The van der Waals surface area contributed by atoms with Crippen LogP contribution in [0.25, 0.3) is 0 Å². The highest BCUT2D eigenvalue weighted by atomic mass is 16.5. The van der Waals surface area contributed by atoms with Crippen molar-refractivity contribution in [2.45, 2.75) is 37.1 Å². The second kappa shape index (κ2) is 8.50. The van der Waals surface area contributed by atoms with Crippen molar-refractivity contribution in [1.29, 1.82) is 5.26 Å². The third kappa shape index (κ3) is 4.53. The second-order valence-corrected chi connectivity index (χ2v) is 6.81. The number of carbonyl (C=O) groups is 2. The van der Waals surface area contributed by atoms with Gasteiger partial charge in [0.25, 0.3) is 5.91 Å². The van der Waals surface area contributed by atoms with Gasteiger partial charge in [-0.1, -0.05) is 60.7 Å². The van der Waals surface area contributed by atoms with Gasteiger partial charge in [-0.25, -0.2) is 0 Å². The van der Waals surface area contributed by atoms with E-state index in [0.29, 0.717) is 12.8 Å². The number of nitriles is 1. The molecule has 0 aliphatic heterocycles. The number of ether oxygens (including phenoxy) is 1. The molecule has 1 amide bonds. The second-order valence-electron chi connectivity index (χ2n) is 6.81. The average molecular weight is 362 g/mol. The zero-order chi connectivity index (χ0) is 19.1. The van der Waals surface area contributed by atoms with Crippen molar-refractivity contribution >= 4 is 11.9 Å². The van der Waals surface area contributed by atoms with Crippen LogP contribution in [0.1, 0.15) is 42.7 Å². The summed E-state index contributed by atoms with van der Waals surface area (Å²) in [6.07, 6.45) is 3.11. The molecule has 0 spiro atoms. The van der Waals surface area contributed by atoms with E-state index in [4.69, 9.17) is 4.74 Å². The summed E-state index contributed by atoms with van der Waals surface area (Å²) in [6.45, 7) is -0.390. The summed E-state index contributed by atoms with van der Waals surface area (Å²) in [6, 6.07) is 20.9. The lowest BCUT2D eigenvalue weighted by molar-refractivity contribution is -0.149. The molecular formula is C22H22N2O3. The third-order valence-electron chi connectivity index (χ3n) is 4.90. The van der Waals surface area contributed by atoms with Gasteiger partial charge in [0.05, 0.1) is 6.07 Å². The maximum absolute atomic E-state index is 12.8. The van der Waals surface area contributed by atoms with E-state index in [1.807, 2.05) is 60.7 Å². The Hall–Kier alpha value is -3.13. The Morgan fingerprint density at radius 3 is 2.00 bits per heavy atom. The number of hydrogen-bond donors (Lipinski definition) is 1. The maximum Gasteiger partial charge on any atom is 0.318 e. The first kappa shape index (κ1) is 18.7. The molecule has 3 rings (SSSR count). The molecular weight excluding hydrogens is 340 g/mol. The average Bonchev–Trinajstić information content (AvgIpc) is 3.17. The van der Waals surface area contributed by atoms with Gasteiger partial charge in [-0.2, -0.15) is 5.26 Å². The van der Waals surface area contributed by atoms with Crippen LogP contribution in [0.2, 0.25) is 0 Å². The van der Waals surface area contributed by atoms with Crippen molar-refractivity contribution in [1.82, 2.24) is 5.32 Å². The molecule has 138 valence electrons. The molecule has 0 bridgehead atoms. The van der Waals surface area contributed by atoms with Gasteiger partial charge >= 0.3 is 5.97 Å². The van der Waals surface area contributed by atoms with Crippen LogP contribution in [0, 0.1) is 11.3 Å². The van der Waals surface area contributed by atoms with Crippen molar-refractivity contribution in [3.63, 3.8) is 0 Å². The monoisotopic (exact) mass is 362 g/mol. The van der Waals surface area contributed by atoms with Crippen molar-refractivity contribution in [3.8, 4) is 6.07 Å². The van der Waals surface area contributed by atoms with Gasteiger partial charge in [-0.05, 0) is 36.8 Å². The van der Waals surface area contributed by atoms with Crippen LogP contribution in [-0.4, -0.2) is 24.0 Å². The molecule has 1 aliphatic rings. The van der Waals surface area contributed by atoms with Gasteiger partial charge in [0, 0.05) is 0 Å². The molecule has 2 aromatic rings. The van der Waals surface area contributed by atoms with Gasteiger partial charge < -0.3 is 10.1 Å². The van der Waals surface area contributed by atoms with Crippen LogP contribution < -0.4 is 5.32 Å². The predicted molar refractivity (Wildman–Crippen MR) is 101 cm³/mol. The molecule has 0 saturated heterocycles. The molecule has 1 fully saturated rings. The normalized spacial score (nSPS) is 15.1. The third-order valence-corrected chi connectivity index (χ3v) is 4.90. The molecule has 0 atom stereocenters. The van der Waals surface area contributed by atoms with E-state index in [0.717, 1.165) is 24.0 Å². The summed E-state index contributed by atoms with van der Waals surface area (Å²) in [5.74, 6) is -1.52. The van der Waals surface area contributed by atoms with Crippen molar-refractivity contribution in [3.05, 3.63) is 71.8 Å². The SMILES string of the molecule is N#CC1(NC(=O)COC(=O)C(c2ccccc2)c2ccccc2)CCCC1. The van der Waals surface area contributed by atoms with E-state index in [9.17, 15) is 14.9 Å². The van der Waals surface area contributed by atoms with Gasteiger partial charge in [-0.3, -0.25) is 9.59 Å². The molecule has 5 heteroatoms. The summed E-state index contributed by atoms with van der Waals surface area (Å²) in [5, 5.41) is 12.1. The van der Waals surface area contributed by atoms with Crippen LogP contribution in [0.5, 0.6) is 0 Å². The summed E-state index contributed by atoms with van der Waals surface area (Å²) < 4.78 is 5.31. The van der Waals surface area contributed by atoms with Crippen LogP contribution in [0.4, 0.5) is 0 Å². The molecule has 0 aromatic heterocycles. The Bertz CT molecular complexity index is 782. The number of benzene rings is 2. The fourth-order valence-electron chi connectivity index (χ4n) is 3.52. The van der Waals surface area contributed by atoms with Crippen LogP contribution in [-0.2, 0) is 14.3 Å². The fourth-order valence-corrected chi connectivity index (χ4v) is 3.52. The fraction of sp³-hybridized carbons (Fsp3) is 0.318. The predicted octanol–water partition coefficient (Wildman–Crippen LogP) is 3.31. The first-order valence-corrected chi connectivity index (χ1v) is 9.12. The van der Waals surface area contributed by atoms with Crippen LogP contribution in [0.3, 0.4) is 0 Å². The number of nitrogens with one attached hydrogen (secondary N) is 1. The summed E-state index contributed by atoms with van der Waals surface area (Å²) in [7, 11) is 0. The highest BCUT2D eigenvalue weighted by Crippen LogP contribution is 2.29. The van der Waals surface area contributed by atoms with Crippen molar-refractivity contribution in [2.75, 3.05) is 6.61 Å². The first-order valence-electron chi connectivity index (χ1n) is 9.12. The van der Waals surface area contributed by atoms with E-state index in [2.05, 4.69) is 11.4 Å². The minimum atomic E-state index is -0.818. The van der Waals surface area contributed by atoms with E-state index in [1.165, 1.54) is 0 Å². The van der Waals surface area contributed by atoms with E-state index in [-0.39, 0.29) is 0 Å². The zero-order valence-corrected chi connectivity index (χ0v) is 15.1. The maximum atomic E-state index is 12.8. The molecule has 0 radical (unpaired) electrons. The minimum absolute atomic E-state index is 0.390. The Balaban J connectivity index is 1.68. The van der Waals surface area contributed by atoms with E-state index in [1.54, 1.807) is 0 Å². The first-order chi connectivity index (χ1) is 13.1. The Morgan fingerprint density at radius 1 is 1.00 bits per heavy atom. The molecule has 0 unspecified atom stereocenters. The Kier molecular flexibility index (Phi) is 5.87. The Labute approximate surface area is 159 Å². The van der Waals surface area contributed by atoms with Crippen LogP contribution in [0.15, 0.2) is 60.7 Å². The highest BCUT2D eigenvalue weighted by Gasteiger charge is 2.35. The van der Waals surface area contributed by atoms with Gasteiger partial charge in [0.15, 0.2) is 6.61 Å². The number of nitrogens with zero attached hydrogens (tertiary/aromatic N) is 1. The number of hydrogen-bond acceptors (Lipinski definition) is 4. The van der Waals surface area contributed by atoms with Crippen molar-refractivity contribution in [2.24, 2.45) is 0 Å². The molecule has 1 aliphatic carbocycles. The van der Waals surface area contributed by atoms with Gasteiger partial charge in [-0.15, -0.1) is 0 Å². The zero-order valence-electron chi connectivity index (χ0n) is 15.1. The smallest absolute Gasteiger partial charge is 0.318 e. The molecule has 1 saturated carbocycles. The molecule has 0 heterocycles. The van der Waals surface area contributed by atoms with Gasteiger partial charge in [0.2, 0.25) is 0 Å². The van der Waals surface area contributed by atoms with Crippen molar-refractivity contribution < 1.29 is 14.3 Å². The summed E-state index contributed by atoms with van der Waals surface area (Å²) in [4.78, 5) is 25.0. The number of carbonyl (C=O) groups excluding carboxylic acids is 2. The van der Waals surface area contributed by atoms with E-state index < -0.39 is 29.9 Å². The number of rotatable bonds is 6. The number of esters is 1. The lowest BCUT2D eigenvalue weighted by atomic mass is 9.91. The molecule has 2 aromatic carbocycles. The highest BCUT2D eigenvalue weighted by molar-refractivity contribution is 5.86. The van der Waals surface area contributed by atoms with Gasteiger partial charge in [0.1, 0.15) is 11.5 Å². The largest absolute Gasteiger partial charge is 0.455 e. The lowest BCUT2D eigenvalue weighted by Crippen LogP contribution is -2.46. The molecule has 27 heavy (non-hydrogen) atoms. The summed E-state index contributed by atoms with van der Waals surface area (Å²) >= 11 is 0. The molecule has 1 N–H and O–H groups in total. The lowest BCUT2D eigenvalue weighted by Gasteiger charge is -2.22. The van der Waals surface area contributed by atoms with Crippen LogP contribution >= 0.6 is 0 Å².